The average molecular weight is 401 g/mol. The molecule has 0 saturated carbocycles. The van der Waals surface area contributed by atoms with Crippen LogP contribution in [-0.2, 0) is 0 Å². The lowest BCUT2D eigenvalue weighted by atomic mass is 10.2. The van der Waals surface area contributed by atoms with Crippen LogP contribution in [0.3, 0.4) is 0 Å². The summed E-state index contributed by atoms with van der Waals surface area (Å²) in [4.78, 5) is 11.8. The second kappa shape index (κ2) is 8.63. The summed E-state index contributed by atoms with van der Waals surface area (Å²) in [5.41, 5.74) is 2.96. The molecular formula is C19H21F2N7O. The standard InChI is InChI=1S/C19H21F2N7O/c1-11-12(2)27-28(13(11)3)18-7-6-17(25-26-18)22-8-9-23-19(29)24-16-5-4-14(20)10-15(16)21/h4-7,10H,8-9H2,1-3H3,(H,22,25)(H2,23,24,29). The predicted octanol–water partition coefficient (Wildman–Crippen LogP) is 3.10. The number of anilines is 2. The lowest BCUT2D eigenvalue weighted by Gasteiger charge is -2.10. The highest BCUT2D eigenvalue weighted by molar-refractivity contribution is 5.89. The Labute approximate surface area is 166 Å². The third kappa shape index (κ3) is 4.84. The van der Waals surface area contributed by atoms with Crippen molar-refractivity contribution in [2.24, 2.45) is 0 Å². The molecule has 2 aromatic heterocycles. The Morgan fingerprint density at radius 2 is 1.86 bits per heavy atom. The molecule has 0 aliphatic rings. The number of aromatic nitrogens is 4. The zero-order valence-corrected chi connectivity index (χ0v) is 16.3. The minimum absolute atomic E-state index is 0.0993. The summed E-state index contributed by atoms with van der Waals surface area (Å²) in [6, 6.07) is 5.89. The zero-order valence-electron chi connectivity index (χ0n) is 16.3. The highest BCUT2D eigenvalue weighted by atomic mass is 19.1. The van der Waals surface area contributed by atoms with Crippen molar-refractivity contribution < 1.29 is 13.6 Å². The maximum atomic E-state index is 13.5. The van der Waals surface area contributed by atoms with Crippen molar-refractivity contribution >= 4 is 17.5 Å². The fourth-order valence-electron chi connectivity index (χ4n) is 2.60. The fraction of sp³-hybridized carbons (Fsp3) is 0.263. The lowest BCUT2D eigenvalue weighted by Crippen LogP contribution is -2.33. The first-order chi connectivity index (χ1) is 13.8. The van der Waals surface area contributed by atoms with E-state index >= 15 is 0 Å². The van der Waals surface area contributed by atoms with Crippen LogP contribution in [0.2, 0.25) is 0 Å². The van der Waals surface area contributed by atoms with Crippen LogP contribution in [0.25, 0.3) is 5.82 Å². The molecule has 0 unspecified atom stereocenters. The number of nitrogens with one attached hydrogen (secondary N) is 3. The molecule has 0 bridgehead atoms. The first-order valence-electron chi connectivity index (χ1n) is 8.96. The molecular weight excluding hydrogens is 380 g/mol. The number of rotatable bonds is 6. The van der Waals surface area contributed by atoms with Crippen LogP contribution >= 0.6 is 0 Å². The highest BCUT2D eigenvalue weighted by Gasteiger charge is 2.10. The van der Waals surface area contributed by atoms with E-state index in [0.29, 0.717) is 24.2 Å². The van der Waals surface area contributed by atoms with E-state index < -0.39 is 17.7 Å². The van der Waals surface area contributed by atoms with Gasteiger partial charge in [0.25, 0.3) is 0 Å². The Hall–Kier alpha value is -3.56. The first-order valence-corrected chi connectivity index (χ1v) is 8.96. The molecule has 3 N–H and O–H groups in total. The van der Waals surface area contributed by atoms with Gasteiger partial charge in [-0.25, -0.2) is 18.3 Å². The largest absolute Gasteiger partial charge is 0.367 e. The van der Waals surface area contributed by atoms with Gasteiger partial charge in [0.05, 0.1) is 11.4 Å². The van der Waals surface area contributed by atoms with E-state index in [9.17, 15) is 13.6 Å². The smallest absolute Gasteiger partial charge is 0.319 e. The Bertz CT molecular complexity index is 1020. The number of carbonyl (C=O) groups is 1. The maximum absolute atomic E-state index is 13.5. The van der Waals surface area contributed by atoms with Gasteiger partial charge in [0, 0.05) is 24.8 Å². The number of carbonyl (C=O) groups excluding carboxylic acids is 1. The van der Waals surface area contributed by atoms with Gasteiger partial charge in [-0.05, 0) is 50.6 Å². The van der Waals surface area contributed by atoms with Crippen LogP contribution in [0.5, 0.6) is 0 Å². The molecule has 3 aromatic rings. The average Bonchev–Trinajstić information content (AvgIpc) is 2.95. The van der Waals surface area contributed by atoms with Crippen LogP contribution in [-0.4, -0.2) is 39.1 Å². The van der Waals surface area contributed by atoms with E-state index in [1.165, 1.54) is 0 Å². The quantitative estimate of drug-likeness (QED) is 0.552. The number of urea groups is 1. The van der Waals surface area contributed by atoms with Crippen LogP contribution in [0, 0.1) is 32.4 Å². The minimum atomic E-state index is -0.841. The summed E-state index contributed by atoms with van der Waals surface area (Å²) in [6.07, 6.45) is 0. The number of nitrogens with zero attached hydrogens (tertiary/aromatic N) is 4. The molecule has 3 rings (SSSR count). The Morgan fingerprint density at radius 3 is 2.48 bits per heavy atom. The number of hydrogen-bond acceptors (Lipinski definition) is 5. The van der Waals surface area contributed by atoms with Gasteiger partial charge >= 0.3 is 6.03 Å². The number of benzene rings is 1. The normalized spacial score (nSPS) is 10.7. The summed E-state index contributed by atoms with van der Waals surface area (Å²) >= 11 is 0. The number of hydrogen-bond donors (Lipinski definition) is 3. The van der Waals surface area contributed by atoms with Crippen LogP contribution in [0.4, 0.5) is 25.1 Å². The van der Waals surface area contributed by atoms with Gasteiger partial charge in [0.15, 0.2) is 5.82 Å². The summed E-state index contributed by atoms with van der Waals surface area (Å²) in [5, 5.41) is 20.6. The molecule has 152 valence electrons. The number of amides is 2. The van der Waals surface area contributed by atoms with Gasteiger partial charge in [-0.3, -0.25) is 0 Å². The van der Waals surface area contributed by atoms with E-state index in [2.05, 4.69) is 31.2 Å². The van der Waals surface area contributed by atoms with E-state index in [-0.39, 0.29) is 12.2 Å². The molecule has 2 amide bonds. The predicted molar refractivity (Wildman–Crippen MR) is 105 cm³/mol. The monoisotopic (exact) mass is 401 g/mol. The zero-order chi connectivity index (χ0) is 21.0. The maximum Gasteiger partial charge on any atom is 0.319 e. The van der Waals surface area contributed by atoms with Crippen LogP contribution in [0.15, 0.2) is 30.3 Å². The van der Waals surface area contributed by atoms with Crippen molar-refractivity contribution in [3.63, 3.8) is 0 Å². The van der Waals surface area contributed by atoms with Gasteiger partial charge in [-0.1, -0.05) is 0 Å². The van der Waals surface area contributed by atoms with Gasteiger partial charge < -0.3 is 16.0 Å². The Kier molecular flexibility index (Phi) is 6.01. The molecule has 0 aliphatic heterocycles. The SMILES string of the molecule is Cc1nn(-c2ccc(NCCNC(=O)Nc3ccc(F)cc3F)nn2)c(C)c1C. The molecule has 10 heteroatoms. The number of halogens is 2. The first kappa shape index (κ1) is 20.2. The van der Waals surface area contributed by atoms with Gasteiger partial charge in [-0.15, -0.1) is 10.2 Å². The van der Waals surface area contributed by atoms with Crippen molar-refractivity contribution in [1.82, 2.24) is 25.3 Å². The summed E-state index contributed by atoms with van der Waals surface area (Å²) in [5.74, 6) is -0.397. The van der Waals surface area contributed by atoms with Crippen molar-refractivity contribution in [3.05, 3.63) is 58.9 Å². The molecule has 0 atom stereocenters. The van der Waals surface area contributed by atoms with E-state index in [1.807, 2.05) is 20.8 Å². The Morgan fingerprint density at radius 1 is 1.07 bits per heavy atom. The van der Waals surface area contributed by atoms with Crippen LogP contribution in [0.1, 0.15) is 17.0 Å². The lowest BCUT2D eigenvalue weighted by molar-refractivity contribution is 0.252. The van der Waals surface area contributed by atoms with E-state index in [1.54, 1.807) is 16.8 Å². The van der Waals surface area contributed by atoms with E-state index in [4.69, 9.17) is 0 Å². The molecule has 0 radical (unpaired) electrons. The van der Waals surface area contributed by atoms with Crippen molar-refractivity contribution in [3.8, 4) is 5.82 Å². The summed E-state index contributed by atoms with van der Waals surface area (Å²) in [6.45, 7) is 6.56. The van der Waals surface area contributed by atoms with Gasteiger partial charge in [0.1, 0.15) is 17.5 Å². The second-order valence-corrected chi connectivity index (χ2v) is 6.42. The summed E-state index contributed by atoms with van der Waals surface area (Å²) < 4.78 is 28.1. The molecule has 1 aromatic carbocycles. The molecule has 0 aliphatic carbocycles. The molecule has 0 fully saturated rings. The van der Waals surface area contributed by atoms with Crippen molar-refractivity contribution in [1.29, 1.82) is 0 Å². The summed E-state index contributed by atoms with van der Waals surface area (Å²) in [7, 11) is 0. The third-order valence-electron chi connectivity index (χ3n) is 4.42. The topological polar surface area (TPSA) is 96.8 Å². The highest BCUT2D eigenvalue weighted by Crippen LogP contribution is 2.16. The number of aryl methyl sites for hydroxylation is 1. The molecule has 8 nitrogen and oxygen atoms in total. The van der Waals surface area contributed by atoms with E-state index in [0.717, 1.165) is 29.1 Å². The van der Waals surface area contributed by atoms with Crippen LogP contribution < -0.4 is 16.0 Å². The fourth-order valence-corrected chi connectivity index (χ4v) is 2.60. The molecule has 2 heterocycles. The van der Waals surface area contributed by atoms with Crippen molar-refractivity contribution in [2.75, 3.05) is 23.7 Å². The molecule has 29 heavy (non-hydrogen) atoms. The van der Waals surface area contributed by atoms with Crippen molar-refractivity contribution in [2.45, 2.75) is 20.8 Å². The minimum Gasteiger partial charge on any atom is -0.367 e. The molecule has 0 saturated heterocycles. The Balaban J connectivity index is 1.47. The van der Waals surface area contributed by atoms with Gasteiger partial charge in [0.2, 0.25) is 0 Å². The third-order valence-corrected chi connectivity index (χ3v) is 4.42. The second-order valence-electron chi connectivity index (χ2n) is 6.42. The van der Waals surface area contributed by atoms with Gasteiger partial charge in [-0.2, -0.15) is 5.10 Å². The molecule has 0 spiro atoms.